The van der Waals surface area contributed by atoms with E-state index >= 15 is 0 Å². The van der Waals surface area contributed by atoms with Gasteiger partial charge in [-0.1, -0.05) is 61.4 Å². The Bertz CT molecular complexity index is 364. The summed E-state index contributed by atoms with van der Waals surface area (Å²) in [5.74, 6) is 3.46. The van der Waals surface area contributed by atoms with E-state index in [9.17, 15) is 0 Å². The van der Waals surface area contributed by atoms with Crippen molar-refractivity contribution in [3.8, 4) is 0 Å². The van der Waals surface area contributed by atoms with Crippen LogP contribution in [0.15, 0.2) is 34.7 Å². The van der Waals surface area contributed by atoms with E-state index in [2.05, 4.69) is 53.4 Å². The molecule has 1 aromatic heterocycles. The maximum absolute atomic E-state index is 5.34. The van der Waals surface area contributed by atoms with Gasteiger partial charge >= 0.3 is 33.0 Å². The number of hydrogen-bond acceptors (Lipinski definition) is 1. The molecule has 1 rings (SSSR count). The van der Waals surface area contributed by atoms with Gasteiger partial charge in [0, 0.05) is 6.42 Å². The molecule has 0 aliphatic rings. The molecular weight excluding hydrogens is 357 g/mol. The molecule has 0 aromatic carbocycles. The van der Waals surface area contributed by atoms with Crippen molar-refractivity contribution in [2.75, 3.05) is 0 Å². The van der Waals surface area contributed by atoms with Gasteiger partial charge in [0.2, 0.25) is 0 Å². The van der Waals surface area contributed by atoms with Gasteiger partial charge in [-0.2, -0.15) is 0 Å². The maximum atomic E-state index is 5.34. The van der Waals surface area contributed by atoms with E-state index in [1.54, 1.807) is 6.26 Å². The molecular formula is C15H25Cl2NiOP. The van der Waals surface area contributed by atoms with Crippen molar-refractivity contribution >= 4 is 28.3 Å². The second kappa shape index (κ2) is 9.52. The van der Waals surface area contributed by atoms with Crippen LogP contribution in [0, 0.1) is 0 Å². The summed E-state index contributed by atoms with van der Waals surface area (Å²) < 4.78 is 5.34. The molecule has 0 atom stereocenters. The van der Waals surface area contributed by atoms with E-state index in [0.29, 0.717) is 23.0 Å². The van der Waals surface area contributed by atoms with Gasteiger partial charge in [0.1, 0.15) is 5.76 Å². The molecule has 0 unspecified atom stereocenters. The van der Waals surface area contributed by atoms with E-state index in [0.717, 1.165) is 12.2 Å². The molecule has 0 fully saturated rings. The van der Waals surface area contributed by atoms with Crippen molar-refractivity contribution in [1.29, 1.82) is 0 Å². The normalized spacial score (nSPS) is 12.8. The van der Waals surface area contributed by atoms with Gasteiger partial charge in [0.05, 0.1) is 6.26 Å². The molecule has 20 heavy (non-hydrogen) atoms. The molecule has 0 aliphatic heterocycles. The number of rotatable bonds is 3. The molecule has 0 N–H and O–H groups in total. The van der Waals surface area contributed by atoms with Crippen LogP contribution in [0.1, 0.15) is 47.3 Å². The Labute approximate surface area is 139 Å². The van der Waals surface area contributed by atoms with Crippen LogP contribution in [0.25, 0.3) is 0 Å². The summed E-state index contributed by atoms with van der Waals surface area (Å²) in [6, 6.07) is 3.97. The Morgan fingerprint density at radius 2 is 1.65 bits per heavy atom. The molecule has 1 aromatic rings. The summed E-state index contributed by atoms with van der Waals surface area (Å²) >= 11 is 0.569. The second-order valence-corrected chi connectivity index (χ2v) is 11.8. The first kappa shape index (κ1) is 20.5. The van der Waals surface area contributed by atoms with Crippen molar-refractivity contribution in [2.45, 2.75) is 58.3 Å². The Balaban J connectivity index is 0.00000110. The van der Waals surface area contributed by atoms with Gasteiger partial charge in [-0.05, 0) is 22.4 Å². The van der Waals surface area contributed by atoms with Gasteiger partial charge in [-0.25, -0.2) is 0 Å². The van der Waals surface area contributed by atoms with Gasteiger partial charge in [-0.15, -0.1) is 0 Å². The third-order valence-corrected chi connectivity index (χ3v) is 6.00. The molecule has 0 spiro atoms. The van der Waals surface area contributed by atoms with Crippen LogP contribution in [0.5, 0.6) is 0 Å². The molecule has 120 valence electrons. The zero-order valence-electron chi connectivity index (χ0n) is 13.0. The van der Waals surface area contributed by atoms with Crippen LogP contribution in [0.2, 0.25) is 0 Å². The van der Waals surface area contributed by atoms with Crippen molar-refractivity contribution in [1.82, 2.24) is 0 Å². The average Bonchev–Trinajstić information content (AvgIpc) is 2.74. The first-order valence-corrected chi connectivity index (χ1v) is 10.6. The van der Waals surface area contributed by atoms with Gasteiger partial charge in [0.15, 0.2) is 0 Å². The Morgan fingerprint density at radius 3 is 2.00 bits per heavy atom. The van der Waals surface area contributed by atoms with Crippen LogP contribution < -0.4 is 0 Å². The number of halogens is 2. The minimum atomic E-state index is -0.147. The molecule has 0 saturated heterocycles. The minimum absolute atomic E-state index is 0.147. The first-order valence-electron chi connectivity index (χ1n) is 6.43. The Kier molecular flexibility index (Phi) is 9.77. The number of allylic oxidation sites excluding steroid dienone is 1. The Hall–Kier alpha value is 0.524. The number of hydrogen-bond donors (Lipinski definition) is 0. The van der Waals surface area contributed by atoms with Crippen molar-refractivity contribution in [3.05, 3.63) is 36.0 Å². The van der Waals surface area contributed by atoms with Gasteiger partial charge < -0.3 is 4.42 Å². The third-order valence-electron chi connectivity index (χ3n) is 2.60. The van der Waals surface area contributed by atoms with Crippen LogP contribution in [-0.2, 0) is 19.1 Å². The zero-order chi connectivity index (χ0) is 15.8. The fraction of sp³-hybridized carbons (Fsp3) is 0.600. The Morgan fingerprint density at radius 1 is 1.15 bits per heavy atom. The van der Waals surface area contributed by atoms with Crippen LogP contribution in [0.3, 0.4) is 0 Å². The quantitative estimate of drug-likeness (QED) is 0.415. The standard InChI is InChI=1S/C15H25OP.2ClH.Ni/c1-14(2,3)17(15(4,5)6)12-8-10-13-9-7-11-16-13;;;/h7-9,11-12H,10H2,1-6H3;2*1H;/q;;;+2/p-2. The summed E-state index contributed by atoms with van der Waals surface area (Å²) in [5, 5.41) is 0.709. The summed E-state index contributed by atoms with van der Waals surface area (Å²) in [4.78, 5) is 0. The molecule has 1 heterocycles. The molecule has 0 aliphatic carbocycles. The molecule has 5 heteroatoms. The third kappa shape index (κ3) is 8.73. The summed E-state index contributed by atoms with van der Waals surface area (Å²) in [7, 11) is 9.26. The fourth-order valence-corrected chi connectivity index (χ4v) is 5.38. The summed E-state index contributed by atoms with van der Waals surface area (Å²) in [5.41, 5.74) is 0. The van der Waals surface area contributed by atoms with Crippen LogP contribution in [-0.4, -0.2) is 10.3 Å². The van der Waals surface area contributed by atoms with Crippen LogP contribution in [0.4, 0.5) is 0 Å². The van der Waals surface area contributed by atoms with Crippen molar-refractivity contribution < 1.29 is 17.1 Å². The van der Waals surface area contributed by atoms with E-state index in [1.165, 1.54) is 0 Å². The van der Waals surface area contributed by atoms with E-state index in [4.69, 9.17) is 24.8 Å². The topological polar surface area (TPSA) is 13.1 Å². The average molecular weight is 382 g/mol. The van der Waals surface area contributed by atoms with E-state index in [1.807, 2.05) is 12.1 Å². The second-order valence-electron chi connectivity index (χ2n) is 6.43. The fourth-order valence-electron chi connectivity index (χ4n) is 2.16. The molecule has 0 radical (unpaired) electrons. The predicted octanol–water partition coefficient (Wildman–Crippen LogP) is 6.79. The molecule has 1 nitrogen and oxygen atoms in total. The monoisotopic (exact) mass is 380 g/mol. The first-order chi connectivity index (χ1) is 9.12. The van der Waals surface area contributed by atoms with E-state index in [-0.39, 0.29) is 7.92 Å². The molecule has 0 saturated carbocycles. The summed E-state index contributed by atoms with van der Waals surface area (Å²) in [6.45, 7) is 14.0. The molecule has 0 amide bonds. The summed E-state index contributed by atoms with van der Waals surface area (Å²) in [6.07, 6.45) is 4.90. The van der Waals surface area contributed by atoms with E-state index < -0.39 is 0 Å². The number of furan rings is 1. The van der Waals surface area contributed by atoms with Gasteiger partial charge in [-0.3, -0.25) is 0 Å². The SMILES string of the molecule is CC(C)(C)P(C=CCc1ccco1)C(C)(C)C.[Cl][Ni][Cl]. The zero-order valence-corrected chi connectivity index (χ0v) is 16.4. The molecule has 0 bridgehead atoms. The van der Waals surface area contributed by atoms with Crippen LogP contribution >= 0.6 is 28.3 Å². The van der Waals surface area contributed by atoms with Gasteiger partial charge in [0.25, 0.3) is 0 Å². The predicted molar refractivity (Wildman–Crippen MR) is 89.7 cm³/mol. The van der Waals surface area contributed by atoms with Crippen molar-refractivity contribution in [2.24, 2.45) is 0 Å². The van der Waals surface area contributed by atoms with Crippen molar-refractivity contribution in [3.63, 3.8) is 0 Å².